The molecule has 0 radical (unpaired) electrons. The van der Waals surface area contributed by atoms with Crippen LogP contribution in [0.2, 0.25) is 0 Å². The Hall–Kier alpha value is -1.59. The predicted molar refractivity (Wildman–Crippen MR) is 71.3 cm³/mol. The third kappa shape index (κ3) is 6.79. The van der Waals surface area contributed by atoms with Crippen LogP contribution in [-0.2, 0) is 19.1 Å². The smallest absolute Gasteiger partial charge is 0.328 e. The molecule has 0 rings (SSSR count). The van der Waals surface area contributed by atoms with Crippen LogP contribution >= 0.6 is 0 Å². The molecular weight excluding hydrogens is 248 g/mol. The van der Waals surface area contributed by atoms with Crippen molar-refractivity contribution in [3.05, 3.63) is 0 Å². The average Bonchev–Trinajstić information content (AvgIpc) is 2.32. The maximum Gasteiger partial charge on any atom is 0.328 e. The first-order valence-electron chi connectivity index (χ1n) is 6.47. The SMILES string of the molecule is CC[C@@H](NC(=O)[C@H](CC(C)C)NC(C)=O)C(=O)OC. The number of carbonyl (C=O) groups is 3. The van der Waals surface area contributed by atoms with E-state index >= 15 is 0 Å². The van der Waals surface area contributed by atoms with E-state index in [0.717, 1.165) is 0 Å². The second-order valence-electron chi connectivity index (χ2n) is 4.88. The van der Waals surface area contributed by atoms with Crippen LogP contribution in [0.5, 0.6) is 0 Å². The molecule has 2 amide bonds. The second kappa shape index (κ2) is 8.50. The van der Waals surface area contributed by atoms with E-state index in [-0.39, 0.29) is 17.7 Å². The summed E-state index contributed by atoms with van der Waals surface area (Å²) in [6.07, 6.45) is 0.954. The van der Waals surface area contributed by atoms with Gasteiger partial charge in [-0.25, -0.2) is 4.79 Å². The summed E-state index contributed by atoms with van der Waals surface area (Å²) in [7, 11) is 1.27. The van der Waals surface area contributed by atoms with Gasteiger partial charge in [-0.1, -0.05) is 20.8 Å². The van der Waals surface area contributed by atoms with Crippen LogP contribution in [0.1, 0.15) is 40.5 Å². The van der Waals surface area contributed by atoms with E-state index in [1.165, 1.54) is 14.0 Å². The van der Waals surface area contributed by atoms with E-state index in [4.69, 9.17) is 0 Å². The van der Waals surface area contributed by atoms with Crippen LogP contribution < -0.4 is 10.6 Å². The van der Waals surface area contributed by atoms with Gasteiger partial charge in [-0.15, -0.1) is 0 Å². The van der Waals surface area contributed by atoms with Gasteiger partial charge in [-0.2, -0.15) is 0 Å². The van der Waals surface area contributed by atoms with Gasteiger partial charge >= 0.3 is 5.97 Å². The number of rotatable bonds is 7. The lowest BCUT2D eigenvalue weighted by molar-refractivity contribution is -0.145. The average molecular weight is 272 g/mol. The number of hydrogen-bond acceptors (Lipinski definition) is 4. The number of nitrogens with one attached hydrogen (secondary N) is 2. The Morgan fingerprint density at radius 1 is 1.11 bits per heavy atom. The lowest BCUT2D eigenvalue weighted by Crippen LogP contribution is -2.51. The largest absolute Gasteiger partial charge is 0.467 e. The quantitative estimate of drug-likeness (QED) is 0.665. The maximum atomic E-state index is 12.1. The Bertz CT molecular complexity index is 329. The van der Waals surface area contributed by atoms with E-state index in [1.54, 1.807) is 6.92 Å². The molecule has 0 aliphatic heterocycles. The van der Waals surface area contributed by atoms with E-state index in [0.29, 0.717) is 12.8 Å². The third-order valence-corrected chi connectivity index (χ3v) is 2.61. The van der Waals surface area contributed by atoms with Gasteiger partial charge in [0.1, 0.15) is 12.1 Å². The molecule has 0 aliphatic carbocycles. The molecule has 0 aliphatic rings. The molecular formula is C13H24N2O4. The van der Waals surface area contributed by atoms with Crippen molar-refractivity contribution in [2.75, 3.05) is 7.11 Å². The van der Waals surface area contributed by atoms with Gasteiger partial charge in [0.25, 0.3) is 0 Å². The fraction of sp³-hybridized carbons (Fsp3) is 0.769. The Kier molecular flexibility index (Phi) is 7.79. The number of methoxy groups -OCH3 is 1. The molecule has 0 saturated carbocycles. The van der Waals surface area contributed by atoms with E-state index < -0.39 is 18.1 Å². The van der Waals surface area contributed by atoms with E-state index in [1.807, 2.05) is 13.8 Å². The zero-order chi connectivity index (χ0) is 15.0. The summed E-state index contributed by atoms with van der Waals surface area (Å²) in [6.45, 7) is 7.05. The number of esters is 1. The van der Waals surface area contributed by atoms with Crippen molar-refractivity contribution in [3.63, 3.8) is 0 Å². The molecule has 0 saturated heterocycles. The minimum absolute atomic E-state index is 0.251. The van der Waals surface area contributed by atoms with Crippen molar-refractivity contribution >= 4 is 17.8 Å². The Labute approximate surface area is 114 Å². The Balaban J connectivity index is 4.69. The van der Waals surface area contributed by atoms with Gasteiger partial charge in [0, 0.05) is 6.92 Å². The summed E-state index contributed by atoms with van der Waals surface area (Å²) in [4.78, 5) is 34.6. The summed E-state index contributed by atoms with van der Waals surface area (Å²) in [5.74, 6) is -0.865. The van der Waals surface area contributed by atoms with Crippen molar-refractivity contribution in [3.8, 4) is 0 Å². The van der Waals surface area contributed by atoms with Crippen LogP contribution in [0.25, 0.3) is 0 Å². The monoisotopic (exact) mass is 272 g/mol. The van der Waals surface area contributed by atoms with Gasteiger partial charge in [-0.3, -0.25) is 9.59 Å². The molecule has 0 bridgehead atoms. The fourth-order valence-corrected chi connectivity index (χ4v) is 1.69. The third-order valence-electron chi connectivity index (χ3n) is 2.61. The van der Waals surface area contributed by atoms with Crippen LogP contribution in [0.4, 0.5) is 0 Å². The van der Waals surface area contributed by atoms with Crippen LogP contribution in [0.15, 0.2) is 0 Å². The summed E-state index contributed by atoms with van der Waals surface area (Å²) >= 11 is 0. The minimum Gasteiger partial charge on any atom is -0.467 e. The number of ether oxygens (including phenoxy) is 1. The lowest BCUT2D eigenvalue weighted by atomic mass is 10.0. The summed E-state index contributed by atoms with van der Waals surface area (Å²) in [6, 6.07) is -1.31. The molecule has 0 spiro atoms. The van der Waals surface area contributed by atoms with Crippen LogP contribution in [-0.4, -0.2) is 37.0 Å². The van der Waals surface area contributed by atoms with E-state index in [2.05, 4.69) is 15.4 Å². The van der Waals surface area contributed by atoms with Gasteiger partial charge in [0.15, 0.2) is 0 Å². The molecule has 2 N–H and O–H groups in total. The Morgan fingerprint density at radius 3 is 2.05 bits per heavy atom. The Morgan fingerprint density at radius 2 is 1.68 bits per heavy atom. The number of hydrogen-bond donors (Lipinski definition) is 2. The highest BCUT2D eigenvalue weighted by atomic mass is 16.5. The molecule has 0 heterocycles. The second-order valence-corrected chi connectivity index (χ2v) is 4.88. The minimum atomic E-state index is -0.680. The van der Waals surface area contributed by atoms with Crippen LogP contribution in [0.3, 0.4) is 0 Å². The summed E-state index contributed by atoms with van der Waals surface area (Å²) < 4.78 is 4.61. The van der Waals surface area contributed by atoms with Gasteiger partial charge in [0.05, 0.1) is 7.11 Å². The van der Waals surface area contributed by atoms with Crippen molar-refractivity contribution in [1.29, 1.82) is 0 Å². The normalized spacial score (nSPS) is 13.6. The molecule has 0 fully saturated rings. The molecule has 6 nitrogen and oxygen atoms in total. The molecule has 0 aromatic carbocycles. The van der Waals surface area contributed by atoms with Crippen LogP contribution in [0, 0.1) is 5.92 Å². The highest BCUT2D eigenvalue weighted by Gasteiger charge is 2.25. The van der Waals surface area contributed by atoms with E-state index in [9.17, 15) is 14.4 Å². The lowest BCUT2D eigenvalue weighted by Gasteiger charge is -2.22. The number of carbonyl (C=O) groups excluding carboxylic acids is 3. The first-order valence-corrected chi connectivity index (χ1v) is 6.47. The molecule has 19 heavy (non-hydrogen) atoms. The van der Waals surface area contributed by atoms with Crippen molar-refractivity contribution in [2.24, 2.45) is 5.92 Å². The van der Waals surface area contributed by atoms with Crippen molar-refractivity contribution in [2.45, 2.75) is 52.6 Å². The molecule has 2 atom stereocenters. The standard InChI is InChI=1S/C13H24N2O4/c1-6-10(13(18)19-5)15-12(17)11(7-8(2)3)14-9(4)16/h8,10-11H,6-7H2,1-5H3,(H,14,16)(H,15,17)/t10-,11+/m1/s1. The molecule has 6 heteroatoms. The fourth-order valence-electron chi connectivity index (χ4n) is 1.69. The zero-order valence-corrected chi connectivity index (χ0v) is 12.3. The molecule has 0 unspecified atom stereocenters. The molecule has 110 valence electrons. The maximum absolute atomic E-state index is 12.1. The predicted octanol–water partition coefficient (Wildman–Crippen LogP) is 0.605. The van der Waals surface area contributed by atoms with Gasteiger partial charge < -0.3 is 15.4 Å². The van der Waals surface area contributed by atoms with Crippen molar-refractivity contribution in [1.82, 2.24) is 10.6 Å². The molecule has 0 aromatic rings. The number of amides is 2. The molecule has 0 aromatic heterocycles. The van der Waals surface area contributed by atoms with Gasteiger partial charge in [-0.05, 0) is 18.8 Å². The summed E-state index contributed by atoms with van der Waals surface area (Å²) in [5.41, 5.74) is 0. The topological polar surface area (TPSA) is 84.5 Å². The highest BCUT2D eigenvalue weighted by molar-refractivity contribution is 5.90. The zero-order valence-electron chi connectivity index (χ0n) is 12.3. The highest BCUT2D eigenvalue weighted by Crippen LogP contribution is 2.06. The van der Waals surface area contributed by atoms with Crippen molar-refractivity contribution < 1.29 is 19.1 Å². The first-order chi connectivity index (χ1) is 8.81. The summed E-state index contributed by atoms with van der Waals surface area (Å²) in [5, 5.41) is 5.19. The van der Waals surface area contributed by atoms with Gasteiger partial charge in [0.2, 0.25) is 11.8 Å². The first kappa shape index (κ1) is 17.4.